The molecule has 0 aliphatic carbocycles. The molecule has 27 heavy (non-hydrogen) atoms. The second kappa shape index (κ2) is 7.66. The van der Waals surface area contributed by atoms with Crippen molar-refractivity contribution in [2.45, 2.75) is 37.2 Å². The SMILES string of the molecule is CC(C)(C)NC(=O)C1CSCN1S(=O)(=O)c1ccc(-c2ccccc2)cc1. The number of hydrogen-bond acceptors (Lipinski definition) is 4. The first-order valence-electron chi connectivity index (χ1n) is 8.75. The molecule has 0 spiro atoms. The molecule has 1 N–H and O–H groups in total. The average Bonchev–Trinajstić information content (AvgIpc) is 3.12. The van der Waals surface area contributed by atoms with Gasteiger partial charge in [0.15, 0.2) is 0 Å². The molecule has 0 saturated carbocycles. The Labute approximate surface area is 165 Å². The molecule has 1 aliphatic rings. The molecule has 1 atom stereocenters. The van der Waals surface area contributed by atoms with Crippen molar-refractivity contribution in [1.82, 2.24) is 9.62 Å². The van der Waals surface area contributed by atoms with Crippen molar-refractivity contribution in [3.05, 3.63) is 54.6 Å². The first kappa shape index (κ1) is 19.9. The van der Waals surface area contributed by atoms with E-state index in [0.717, 1.165) is 11.1 Å². The molecule has 1 saturated heterocycles. The van der Waals surface area contributed by atoms with Crippen LogP contribution < -0.4 is 5.32 Å². The fraction of sp³-hybridized carbons (Fsp3) is 0.350. The summed E-state index contributed by atoms with van der Waals surface area (Å²) in [6, 6.07) is 15.9. The summed E-state index contributed by atoms with van der Waals surface area (Å²) in [5.74, 6) is 0.491. The number of nitrogens with zero attached hydrogens (tertiary/aromatic N) is 1. The number of rotatable bonds is 4. The number of carbonyl (C=O) groups excluding carboxylic acids is 1. The fourth-order valence-corrected chi connectivity index (χ4v) is 6.06. The Hall–Kier alpha value is -1.83. The molecule has 2 aromatic carbocycles. The van der Waals surface area contributed by atoms with Crippen LogP contribution in [0.1, 0.15) is 20.8 Å². The van der Waals surface area contributed by atoms with Crippen LogP contribution >= 0.6 is 11.8 Å². The Morgan fingerprint density at radius 1 is 1.04 bits per heavy atom. The Balaban J connectivity index is 1.84. The van der Waals surface area contributed by atoms with Crippen molar-refractivity contribution in [3.8, 4) is 11.1 Å². The average molecular weight is 405 g/mol. The number of nitrogens with one attached hydrogen (secondary N) is 1. The molecule has 144 valence electrons. The summed E-state index contributed by atoms with van der Waals surface area (Å²) in [7, 11) is -3.74. The lowest BCUT2D eigenvalue weighted by Crippen LogP contribution is -2.52. The van der Waals surface area contributed by atoms with Gasteiger partial charge in [0.05, 0.1) is 10.8 Å². The molecule has 1 amide bonds. The zero-order valence-electron chi connectivity index (χ0n) is 15.7. The highest BCUT2D eigenvalue weighted by atomic mass is 32.2. The zero-order valence-corrected chi connectivity index (χ0v) is 17.3. The van der Waals surface area contributed by atoms with Crippen LogP contribution in [0.25, 0.3) is 11.1 Å². The van der Waals surface area contributed by atoms with Gasteiger partial charge in [0, 0.05) is 11.3 Å². The molecule has 3 rings (SSSR count). The highest BCUT2D eigenvalue weighted by Gasteiger charge is 2.40. The highest BCUT2D eigenvalue weighted by molar-refractivity contribution is 8.00. The van der Waals surface area contributed by atoms with Crippen molar-refractivity contribution >= 4 is 27.7 Å². The largest absolute Gasteiger partial charge is 0.350 e. The second-order valence-corrected chi connectivity index (χ2v) is 10.4. The van der Waals surface area contributed by atoms with Gasteiger partial charge in [0.1, 0.15) is 6.04 Å². The van der Waals surface area contributed by atoms with Crippen LogP contribution in [0.2, 0.25) is 0 Å². The summed E-state index contributed by atoms with van der Waals surface area (Å²) in [4.78, 5) is 12.8. The summed E-state index contributed by atoms with van der Waals surface area (Å²) in [6.07, 6.45) is 0. The van der Waals surface area contributed by atoms with E-state index in [1.54, 1.807) is 24.3 Å². The van der Waals surface area contributed by atoms with Gasteiger partial charge >= 0.3 is 0 Å². The topological polar surface area (TPSA) is 66.5 Å². The van der Waals surface area contributed by atoms with Gasteiger partial charge in [-0.3, -0.25) is 4.79 Å². The van der Waals surface area contributed by atoms with E-state index in [9.17, 15) is 13.2 Å². The molecule has 1 aliphatic heterocycles. The van der Waals surface area contributed by atoms with Crippen LogP contribution in [-0.2, 0) is 14.8 Å². The van der Waals surface area contributed by atoms with Crippen LogP contribution in [0.3, 0.4) is 0 Å². The van der Waals surface area contributed by atoms with Crippen LogP contribution in [0.5, 0.6) is 0 Å². The predicted octanol–water partition coefficient (Wildman–Crippen LogP) is 3.33. The zero-order chi connectivity index (χ0) is 19.7. The molecule has 0 radical (unpaired) electrons. The molecule has 1 heterocycles. The molecule has 0 bridgehead atoms. The van der Waals surface area contributed by atoms with Crippen molar-refractivity contribution in [3.63, 3.8) is 0 Å². The van der Waals surface area contributed by atoms with Gasteiger partial charge < -0.3 is 5.32 Å². The molecule has 7 heteroatoms. The summed E-state index contributed by atoms with van der Waals surface area (Å²) in [5, 5.41) is 2.89. The first-order chi connectivity index (χ1) is 12.7. The minimum Gasteiger partial charge on any atom is -0.350 e. The van der Waals surface area contributed by atoms with Crippen LogP contribution in [0.15, 0.2) is 59.5 Å². The number of amides is 1. The maximum absolute atomic E-state index is 13.1. The van der Waals surface area contributed by atoms with Gasteiger partial charge in [-0.15, -0.1) is 11.8 Å². The van der Waals surface area contributed by atoms with Gasteiger partial charge in [0.25, 0.3) is 0 Å². The Kier molecular flexibility index (Phi) is 5.65. The van der Waals surface area contributed by atoms with E-state index in [1.807, 2.05) is 51.1 Å². The van der Waals surface area contributed by atoms with Crippen molar-refractivity contribution in [2.75, 3.05) is 11.6 Å². The Morgan fingerprint density at radius 3 is 2.22 bits per heavy atom. The molecule has 2 aromatic rings. The van der Waals surface area contributed by atoms with Crippen molar-refractivity contribution in [2.24, 2.45) is 0 Å². The van der Waals surface area contributed by atoms with E-state index in [-0.39, 0.29) is 16.7 Å². The van der Waals surface area contributed by atoms with Gasteiger partial charge in [-0.1, -0.05) is 42.5 Å². The minimum atomic E-state index is -3.74. The van der Waals surface area contributed by atoms with Gasteiger partial charge in [-0.2, -0.15) is 4.31 Å². The summed E-state index contributed by atoms with van der Waals surface area (Å²) >= 11 is 1.45. The lowest BCUT2D eigenvalue weighted by atomic mass is 10.1. The molecular weight excluding hydrogens is 380 g/mol. The van der Waals surface area contributed by atoms with Crippen LogP contribution in [-0.4, -0.2) is 41.8 Å². The van der Waals surface area contributed by atoms with E-state index < -0.39 is 21.6 Å². The van der Waals surface area contributed by atoms with E-state index >= 15 is 0 Å². The maximum Gasteiger partial charge on any atom is 0.244 e. The lowest BCUT2D eigenvalue weighted by molar-refractivity contribution is -0.125. The summed E-state index contributed by atoms with van der Waals surface area (Å²) in [5.41, 5.74) is 1.57. The van der Waals surface area contributed by atoms with Crippen molar-refractivity contribution in [1.29, 1.82) is 0 Å². The van der Waals surface area contributed by atoms with Gasteiger partial charge in [-0.25, -0.2) is 8.42 Å². The second-order valence-electron chi connectivity index (χ2n) is 7.54. The third-order valence-electron chi connectivity index (χ3n) is 4.21. The third-order valence-corrected chi connectivity index (χ3v) is 7.26. The minimum absolute atomic E-state index is 0.207. The number of sulfonamides is 1. The fourth-order valence-electron chi connectivity index (χ4n) is 2.91. The third kappa shape index (κ3) is 4.54. The lowest BCUT2D eigenvalue weighted by Gasteiger charge is -2.27. The van der Waals surface area contributed by atoms with E-state index in [4.69, 9.17) is 0 Å². The Bertz CT molecular complexity index is 904. The smallest absolute Gasteiger partial charge is 0.244 e. The summed E-state index contributed by atoms with van der Waals surface area (Å²) < 4.78 is 27.5. The number of carbonyl (C=O) groups is 1. The van der Waals surface area contributed by atoms with E-state index in [1.165, 1.54) is 16.1 Å². The first-order valence-corrected chi connectivity index (χ1v) is 11.3. The summed E-state index contributed by atoms with van der Waals surface area (Å²) in [6.45, 7) is 5.65. The van der Waals surface area contributed by atoms with Crippen LogP contribution in [0.4, 0.5) is 0 Å². The number of benzene rings is 2. The Morgan fingerprint density at radius 2 is 1.63 bits per heavy atom. The number of thioether (sulfide) groups is 1. The molecule has 1 fully saturated rings. The predicted molar refractivity (Wildman–Crippen MR) is 110 cm³/mol. The van der Waals surface area contributed by atoms with Crippen molar-refractivity contribution < 1.29 is 13.2 Å². The monoisotopic (exact) mass is 404 g/mol. The number of hydrogen-bond donors (Lipinski definition) is 1. The van der Waals surface area contributed by atoms with E-state index in [0.29, 0.717) is 5.75 Å². The van der Waals surface area contributed by atoms with Gasteiger partial charge in [-0.05, 0) is 44.0 Å². The van der Waals surface area contributed by atoms with E-state index in [2.05, 4.69) is 5.32 Å². The molecule has 5 nitrogen and oxygen atoms in total. The molecule has 0 aromatic heterocycles. The normalized spacial score (nSPS) is 18.4. The maximum atomic E-state index is 13.1. The molecular formula is C20H24N2O3S2. The van der Waals surface area contributed by atoms with Gasteiger partial charge in [0.2, 0.25) is 15.9 Å². The quantitative estimate of drug-likeness (QED) is 0.849. The van der Waals surface area contributed by atoms with Crippen LogP contribution in [0, 0.1) is 0 Å². The standard InChI is InChI=1S/C20H24N2O3S2/c1-20(2,3)21-19(23)18-13-26-14-22(18)27(24,25)17-11-9-16(10-12-17)15-7-5-4-6-8-15/h4-12,18H,13-14H2,1-3H3,(H,21,23). The molecule has 1 unspecified atom stereocenters. The highest BCUT2D eigenvalue weighted by Crippen LogP contribution is 2.30.